The van der Waals surface area contributed by atoms with E-state index in [1.165, 1.54) is 23.5 Å². The van der Waals surface area contributed by atoms with Crippen LogP contribution in [-0.2, 0) is 0 Å². The molecule has 92 valence electrons. The van der Waals surface area contributed by atoms with Gasteiger partial charge in [0.1, 0.15) is 12.1 Å². The minimum absolute atomic E-state index is 0.242. The molecule has 2 aromatic rings. The lowest BCUT2D eigenvalue weighted by molar-refractivity contribution is 0.102. The van der Waals surface area contributed by atoms with Crippen LogP contribution in [0.3, 0.4) is 0 Å². The molecular formula is C13H6BrN3OS. The molecule has 2 rings (SSSR count). The molecule has 0 bridgehead atoms. The van der Waals surface area contributed by atoms with Crippen LogP contribution in [0.5, 0.6) is 0 Å². The van der Waals surface area contributed by atoms with Gasteiger partial charge in [0.25, 0.3) is 5.91 Å². The first kappa shape index (κ1) is 13.3. The highest BCUT2D eigenvalue weighted by Crippen LogP contribution is 2.22. The summed E-state index contributed by atoms with van der Waals surface area (Å²) < 4.78 is 0.871. The molecule has 0 spiro atoms. The second kappa shape index (κ2) is 5.66. The van der Waals surface area contributed by atoms with E-state index in [4.69, 9.17) is 10.5 Å². The Morgan fingerprint density at radius 3 is 2.53 bits per heavy atom. The van der Waals surface area contributed by atoms with Crippen LogP contribution >= 0.6 is 27.3 Å². The normalized spacial score (nSPS) is 9.42. The Balaban J connectivity index is 2.23. The van der Waals surface area contributed by atoms with Crippen molar-refractivity contribution in [3.05, 3.63) is 50.1 Å². The van der Waals surface area contributed by atoms with Crippen molar-refractivity contribution in [1.29, 1.82) is 10.5 Å². The molecule has 0 aliphatic rings. The SMILES string of the molecule is N#Cc1ccc(NC(=O)c2csc(Br)c2)cc1C#N. The van der Waals surface area contributed by atoms with E-state index in [2.05, 4.69) is 21.2 Å². The van der Waals surface area contributed by atoms with E-state index in [-0.39, 0.29) is 11.5 Å². The Hall–Kier alpha value is -2.15. The number of halogens is 1. The van der Waals surface area contributed by atoms with Crippen molar-refractivity contribution in [3.63, 3.8) is 0 Å². The van der Waals surface area contributed by atoms with Crippen molar-refractivity contribution < 1.29 is 4.79 Å². The second-order valence-corrected chi connectivity index (χ2v) is 5.87. The Morgan fingerprint density at radius 2 is 1.95 bits per heavy atom. The van der Waals surface area contributed by atoms with Gasteiger partial charge in [0.15, 0.2) is 0 Å². The first-order valence-corrected chi connectivity index (χ1v) is 6.81. The number of nitriles is 2. The molecule has 1 aromatic carbocycles. The van der Waals surface area contributed by atoms with Crippen LogP contribution in [0.1, 0.15) is 21.5 Å². The minimum atomic E-state index is -0.254. The highest BCUT2D eigenvalue weighted by atomic mass is 79.9. The summed E-state index contributed by atoms with van der Waals surface area (Å²) in [5.41, 5.74) is 1.56. The highest BCUT2D eigenvalue weighted by molar-refractivity contribution is 9.11. The van der Waals surface area contributed by atoms with Crippen LogP contribution < -0.4 is 5.32 Å². The van der Waals surface area contributed by atoms with Gasteiger partial charge in [-0.15, -0.1) is 11.3 Å². The van der Waals surface area contributed by atoms with E-state index in [1.54, 1.807) is 17.5 Å². The van der Waals surface area contributed by atoms with Gasteiger partial charge in [-0.3, -0.25) is 4.79 Å². The average molecular weight is 332 g/mol. The molecule has 0 aliphatic carbocycles. The predicted octanol–water partition coefficient (Wildman–Crippen LogP) is 3.51. The zero-order chi connectivity index (χ0) is 13.8. The maximum Gasteiger partial charge on any atom is 0.256 e. The number of benzene rings is 1. The number of anilines is 1. The van der Waals surface area contributed by atoms with E-state index in [0.717, 1.165) is 3.79 Å². The zero-order valence-electron chi connectivity index (χ0n) is 9.48. The van der Waals surface area contributed by atoms with Gasteiger partial charge in [-0.05, 0) is 40.2 Å². The molecular weight excluding hydrogens is 326 g/mol. The summed E-state index contributed by atoms with van der Waals surface area (Å²) in [5, 5.41) is 22.1. The van der Waals surface area contributed by atoms with Gasteiger partial charge in [0.05, 0.1) is 20.5 Å². The molecule has 0 unspecified atom stereocenters. The molecule has 0 fully saturated rings. The minimum Gasteiger partial charge on any atom is -0.322 e. The lowest BCUT2D eigenvalue weighted by atomic mass is 10.1. The van der Waals surface area contributed by atoms with Gasteiger partial charge in [0, 0.05) is 11.1 Å². The summed E-state index contributed by atoms with van der Waals surface area (Å²) in [5.74, 6) is -0.254. The van der Waals surface area contributed by atoms with Gasteiger partial charge in [-0.2, -0.15) is 10.5 Å². The average Bonchev–Trinajstić information content (AvgIpc) is 2.85. The fourth-order valence-electron chi connectivity index (χ4n) is 1.44. The Bertz CT molecular complexity index is 724. The van der Waals surface area contributed by atoms with Crippen LogP contribution in [0.25, 0.3) is 0 Å². The fourth-order valence-corrected chi connectivity index (χ4v) is 2.58. The molecule has 19 heavy (non-hydrogen) atoms. The quantitative estimate of drug-likeness (QED) is 0.914. The number of amides is 1. The molecule has 0 atom stereocenters. The molecule has 1 N–H and O–H groups in total. The third-order valence-corrected chi connectivity index (χ3v) is 3.85. The summed E-state index contributed by atoms with van der Waals surface area (Å²) in [4.78, 5) is 11.9. The van der Waals surface area contributed by atoms with Gasteiger partial charge < -0.3 is 5.32 Å². The zero-order valence-corrected chi connectivity index (χ0v) is 11.9. The monoisotopic (exact) mass is 331 g/mol. The fraction of sp³-hybridized carbons (Fsp3) is 0. The third-order valence-electron chi connectivity index (χ3n) is 2.35. The lowest BCUT2D eigenvalue weighted by Gasteiger charge is -2.04. The molecule has 1 aromatic heterocycles. The maximum atomic E-state index is 11.9. The topological polar surface area (TPSA) is 76.7 Å². The van der Waals surface area contributed by atoms with E-state index >= 15 is 0 Å². The maximum absolute atomic E-state index is 11.9. The van der Waals surface area contributed by atoms with Crippen molar-refractivity contribution in [2.75, 3.05) is 5.32 Å². The molecule has 4 nitrogen and oxygen atoms in total. The van der Waals surface area contributed by atoms with Crippen LogP contribution in [0, 0.1) is 22.7 Å². The predicted molar refractivity (Wildman–Crippen MR) is 75.8 cm³/mol. The first-order valence-electron chi connectivity index (χ1n) is 5.13. The van der Waals surface area contributed by atoms with Gasteiger partial charge in [-0.25, -0.2) is 0 Å². The first-order chi connectivity index (χ1) is 9.13. The van der Waals surface area contributed by atoms with Crippen molar-refractivity contribution in [2.24, 2.45) is 0 Å². The van der Waals surface area contributed by atoms with E-state index < -0.39 is 0 Å². The summed E-state index contributed by atoms with van der Waals surface area (Å²) in [6, 6.07) is 10.2. The summed E-state index contributed by atoms with van der Waals surface area (Å²) in [6.45, 7) is 0. The van der Waals surface area contributed by atoms with Crippen LogP contribution in [0.2, 0.25) is 0 Å². The number of thiophene rings is 1. The van der Waals surface area contributed by atoms with Gasteiger partial charge in [0.2, 0.25) is 0 Å². The van der Waals surface area contributed by atoms with Crippen LogP contribution in [-0.4, -0.2) is 5.91 Å². The number of nitrogens with one attached hydrogen (secondary N) is 1. The smallest absolute Gasteiger partial charge is 0.256 e. The summed E-state index contributed by atoms with van der Waals surface area (Å²) in [7, 11) is 0. The number of carbonyl (C=O) groups is 1. The molecule has 0 saturated carbocycles. The van der Waals surface area contributed by atoms with Crippen LogP contribution in [0.15, 0.2) is 33.4 Å². The van der Waals surface area contributed by atoms with Crippen molar-refractivity contribution >= 4 is 38.9 Å². The van der Waals surface area contributed by atoms with Crippen LogP contribution in [0.4, 0.5) is 5.69 Å². The molecule has 0 radical (unpaired) electrons. The number of carbonyl (C=O) groups excluding carboxylic acids is 1. The summed E-state index contributed by atoms with van der Waals surface area (Å²) >= 11 is 4.70. The Kier molecular flexibility index (Phi) is 3.96. The highest BCUT2D eigenvalue weighted by Gasteiger charge is 2.09. The number of hydrogen-bond acceptors (Lipinski definition) is 4. The summed E-state index contributed by atoms with van der Waals surface area (Å²) in [6.07, 6.45) is 0. The van der Waals surface area contributed by atoms with Crippen molar-refractivity contribution in [3.8, 4) is 12.1 Å². The Labute approximate surface area is 122 Å². The molecule has 6 heteroatoms. The largest absolute Gasteiger partial charge is 0.322 e. The van der Waals surface area contributed by atoms with Crippen molar-refractivity contribution in [1.82, 2.24) is 0 Å². The molecule has 1 heterocycles. The van der Waals surface area contributed by atoms with E-state index in [9.17, 15) is 4.79 Å². The standard InChI is InChI=1S/C13H6BrN3OS/c14-12-4-10(7-19-12)13(18)17-11-2-1-8(5-15)9(3-11)6-16/h1-4,7H,(H,17,18). The van der Waals surface area contributed by atoms with Gasteiger partial charge in [-0.1, -0.05) is 0 Å². The van der Waals surface area contributed by atoms with Crippen molar-refractivity contribution in [2.45, 2.75) is 0 Å². The lowest BCUT2D eigenvalue weighted by Crippen LogP contribution is -2.11. The molecule has 0 aliphatic heterocycles. The number of nitrogens with zero attached hydrogens (tertiary/aromatic N) is 2. The second-order valence-electron chi connectivity index (χ2n) is 3.58. The molecule has 0 saturated heterocycles. The third kappa shape index (κ3) is 3.00. The number of hydrogen-bond donors (Lipinski definition) is 1. The van der Waals surface area contributed by atoms with Gasteiger partial charge >= 0.3 is 0 Å². The van der Waals surface area contributed by atoms with E-state index in [0.29, 0.717) is 16.8 Å². The Morgan fingerprint density at radius 1 is 1.21 bits per heavy atom. The van der Waals surface area contributed by atoms with E-state index in [1.807, 2.05) is 12.1 Å². The number of rotatable bonds is 2. The molecule has 1 amide bonds.